The molecule has 0 aromatic carbocycles. The molecule has 0 aliphatic heterocycles. The summed E-state index contributed by atoms with van der Waals surface area (Å²) < 4.78 is 36.2. The molecule has 2 unspecified atom stereocenters. The second-order valence-electron chi connectivity index (χ2n) is 5.31. The van der Waals surface area contributed by atoms with Crippen LogP contribution in [0.3, 0.4) is 0 Å². The number of aliphatic carboxylic acids is 1. The summed E-state index contributed by atoms with van der Waals surface area (Å²) in [6, 6.07) is 0. The van der Waals surface area contributed by atoms with E-state index in [2.05, 4.69) is 13.8 Å². The van der Waals surface area contributed by atoms with Crippen molar-refractivity contribution in [1.29, 1.82) is 0 Å². The Hall–Kier alpha value is -0.150. The zero-order valence-electron chi connectivity index (χ0n) is 14.3. The van der Waals surface area contributed by atoms with Crippen molar-refractivity contribution >= 4 is 22.1 Å². The molecule has 0 heterocycles. The SMILES string of the molecule is CCC(CC)CCC(CC)OC(=O)C(CC(=O)[O-])S(=O)(=O)O.[Na+]. The van der Waals surface area contributed by atoms with Crippen LogP contribution in [0.25, 0.3) is 0 Å². The number of rotatable bonds is 11. The van der Waals surface area contributed by atoms with Crippen LogP contribution in [0.15, 0.2) is 0 Å². The van der Waals surface area contributed by atoms with E-state index in [0.29, 0.717) is 18.8 Å². The number of carboxylic acids is 1. The Labute approximate surface area is 160 Å². The molecule has 23 heavy (non-hydrogen) atoms. The van der Waals surface area contributed by atoms with Crippen molar-refractivity contribution in [3.05, 3.63) is 0 Å². The minimum atomic E-state index is -4.85. The second kappa shape index (κ2) is 12.2. The van der Waals surface area contributed by atoms with Crippen molar-refractivity contribution in [3.63, 3.8) is 0 Å². The Morgan fingerprint density at radius 2 is 1.61 bits per heavy atom. The van der Waals surface area contributed by atoms with Crippen LogP contribution < -0.4 is 34.7 Å². The largest absolute Gasteiger partial charge is 1.00 e. The van der Waals surface area contributed by atoms with E-state index >= 15 is 0 Å². The van der Waals surface area contributed by atoms with E-state index in [0.717, 1.165) is 19.3 Å². The third kappa shape index (κ3) is 10.3. The topological polar surface area (TPSA) is 121 Å². The fourth-order valence-electron chi connectivity index (χ4n) is 2.17. The molecule has 0 saturated carbocycles. The molecule has 0 aromatic rings. The van der Waals surface area contributed by atoms with Crippen molar-refractivity contribution < 1.29 is 62.0 Å². The van der Waals surface area contributed by atoms with Crippen molar-refractivity contribution in [2.75, 3.05) is 0 Å². The average Bonchev–Trinajstić information content (AvgIpc) is 2.42. The first-order valence-corrected chi connectivity index (χ1v) is 9.02. The predicted molar refractivity (Wildman–Crippen MR) is 78.4 cm³/mol. The normalized spacial score (nSPS) is 14.0. The summed E-state index contributed by atoms with van der Waals surface area (Å²) in [6.07, 6.45) is 2.25. The molecular weight excluding hydrogens is 335 g/mol. The Morgan fingerprint density at radius 3 is 1.96 bits per heavy atom. The Balaban J connectivity index is 0. The van der Waals surface area contributed by atoms with Gasteiger partial charge in [0, 0.05) is 12.4 Å². The Kier molecular flexibility index (Phi) is 13.4. The third-order valence-corrected chi connectivity index (χ3v) is 4.84. The fraction of sp³-hybridized carbons (Fsp3) is 0.857. The van der Waals surface area contributed by atoms with E-state index in [9.17, 15) is 23.1 Å². The van der Waals surface area contributed by atoms with Gasteiger partial charge >= 0.3 is 35.5 Å². The van der Waals surface area contributed by atoms with E-state index in [-0.39, 0.29) is 29.6 Å². The van der Waals surface area contributed by atoms with Gasteiger partial charge in [0.15, 0.2) is 5.25 Å². The van der Waals surface area contributed by atoms with Gasteiger partial charge in [0.25, 0.3) is 10.1 Å². The third-order valence-electron chi connectivity index (χ3n) is 3.76. The molecule has 1 N–H and O–H groups in total. The molecule has 130 valence electrons. The van der Waals surface area contributed by atoms with Gasteiger partial charge < -0.3 is 14.6 Å². The van der Waals surface area contributed by atoms with Crippen LogP contribution in [0.1, 0.15) is 59.3 Å². The van der Waals surface area contributed by atoms with Crippen molar-refractivity contribution in [3.8, 4) is 0 Å². The van der Waals surface area contributed by atoms with E-state index in [4.69, 9.17) is 9.29 Å². The van der Waals surface area contributed by atoms with Crippen LogP contribution in [0.4, 0.5) is 0 Å². The number of ether oxygens (including phenoxy) is 1. The molecule has 2 atom stereocenters. The number of carboxylic acid groups (broad SMARTS) is 1. The van der Waals surface area contributed by atoms with Gasteiger partial charge in [-0.2, -0.15) is 8.42 Å². The van der Waals surface area contributed by atoms with Gasteiger partial charge in [-0.05, 0) is 25.2 Å². The van der Waals surface area contributed by atoms with E-state index in [1.165, 1.54) is 0 Å². The molecule has 0 amide bonds. The van der Waals surface area contributed by atoms with Gasteiger partial charge in [0.05, 0.1) is 0 Å². The Bertz CT molecular complexity index is 460. The number of esters is 1. The predicted octanol–water partition coefficient (Wildman–Crippen LogP) is -2.07. The quantitative estimate of drug-likeness (QED) is 0.255. The maximum absolute atomic E-state index is 11.8. The molecule has 0 spiro atoms. The van der Waals surface area contributed by atoms with Crippen LogP contribution in [-0.4, -0.2) is 36.3 Å². The summed E-state index contributed by atoms with van der Waals surface area (Å²) in [5.41, 5.74) is 0. The molecule has 0 aliphatic rings. The molecule has 0 saturated heterocycles. The van der Waals surface area contributed by atoms with Crippen molar-refractivity contribution in [2.45, 2.75) is 70.7 Å². The molecule has 0 aliphatic carbocycles. The first kappa shape index (κ1) is 25.1. The van der Waals surface area contributed by atoms with Crippen LogP contribution in [0.5, 0.6) is 0 Å². The number of hydrogen-bond donors (Lipinski definition) is 1. The van der Waals surface area contributed by atoms with Crippen LogP contribution in [0.2, 0.25) is 0 Å². The van der Waals surface area contributed by atoms with Gasteiger partial charge in [-0.15, -0.1) is 0 Å². The summed E-state index contributed by atoms with van der Waals surface area (Å²) in [5, 5.41) is 8.38. The summed E-state index contributed by atoms with van der Waals surface area (Å²) >= 11 is 0. The summed E-state index contributed by atoms with van der Waals surface area (Å²) in [4.78, 5) is 22.3. The van der Waals surface area contributed by atoms with E-state index in [1.54, 1.807) is 6.92 Å². The average molecular weight is 360 g/mol. The second-order valence-corrected chi connectivity index (χ2v) is 6.91. The molecule has 0 rings (SSSR count). The molecule has 9 heteroatoms. The van der Waals surface area contributed by atoms with Crippen LogP contribution in [-0.2, 0) is 24.4 Å². The number of carbonyl (C=O) groups is 2. The minimum absolute atomic E-state index is 0. The molecule has 0 radical (unpaired) electrons. The molecule has 0 fully saturated rings. The Morgan fingerprint density at radius 1 is 1.09 bits per heavy atom. The molecule has 0 aromatic heterocycles. The van der Waals surface area contributed by atoms with Gasteiger partial charge in [0.2, 0.25) is 0 Å². The molecular formula is C14H25NaO7S. The first-order chi connectivity index (χ1) is 10.1. The molecule has 7 nitrogen and oxygen atoms in total. The zero-order chi connectivity index (χ0) is 17.3. The monoisotopic (exact) mass is 360 g/mol. The minimum Gasteiger partial charge on any atom is -0.550 e. The van der Waals surface area contributed by atoms with Crippen LogP contribution in [0, 0.1) is 5.92 Å². The van der Waals surface area contributed by atoms with Crippen molar-refractivity contribution in [2.24, 2.45) is 5.92 Å². The number of hydrogen-bond acceptors (Lipinski definition) is 6. The summed E-state index contributed by atoms with van der Waals surface area (Å²) in [7, 11) is -4.85. The zero-order valence-corrected chi connectivity index (χ0v) is 17.1. The standard InChI is InChI=1S/C14H26O7S.Na/c1-4-10(5-2)7-8-11(6-3)21-14(17)12(9-13(15)16)22(18,19)20;/h10-12H,4-9H2,1-3H3,(H,15,16)(H,18,19,20);/q;+1/p-1. The first-order valence-electron chi connectivity index (χ1n) is 7.52. The smallest absolute Gasteiger partial charge is 0.550 e. The maximum Gasteiger partial charge on any atom is 1.00 e. The molecule has 0 bridgehead atoms. The summed E-state index contributed by atoms with van der Waals surface area (Å²) in [5.74, 6) is -2.50. The van der Waals surface area contributed by atoms with Gasteiger partial charge in [0.1, 0.15) is 6.10 Å². The van der Waals surface area contributed by atoms with Gasteiger partial charge in [-0.1, -0.05) is 33.6 Å². The van der Waals surface area contributed by atoms with E-state index < -0.39 is 39.8 Å². The number of carbonyl (C=O) groups excluding carboxylic acids is 2. The fourth-order valence-corrected chi connectivity index (χ4v) is 2.81. The van der Waals surface area contributed by atoms with Gasteiger partial charge in [-0.3, -0.25) is 9.35 Å². The summed E-state index contributed by atoms with van der Waals surface area (Å²) in [6.45, 7) is 5.91. The van der Waals surface area contributed by atoms with E-state index in [1.807, 2.05) is 0 Å². The van der Waals surface area contributed by atoms with Crippen molar-refractivity contribution in [1.82, 2.24) is 0 Å². The van der Waals surface area contributed by atoms with Crippen LogP contribution >= 0.6 is 0 Å². The maximum atomic E-state index is 11.8. The van der Waals surface area contributed by atoms with Gasteiger partial charge in [-0.25, -0.2) is 0 Å².